The Morgan fingerprint density at radius 3 is 2.89 bits per heavy atom. The van der Waals surface area contributed by atoms with Crippen LogP contribution in [0.3, 0.4) is 0 Å². The van der Waals surface area contributed by atoms with Crippen molar-refractivity contribution in [2.45, 2.75) is 19.5 Å². The molecule has 18 heavy (non-hydrogen) atoms. The van der Waals surface area contributed by atoms with Crippen molar-refractivity contribution in [3.05, 3.63) is 36.7 Å². The van der Waals surface area contributed by atoms with E-state index in [0.717, 1.165) is 19.6 Å². The number of hydrogen-bond acceptors (Lipinski definition) is 3. The molecule has 1 amide bonds. The minimum absolute atomic E-state index is 0.0126. The van der Waals surface area contributed by atoms with Crippen molar-refractivity contribution in [1.82, 2.24) is 24.2 Å². The van der Waals surface area contributed by atoms with Crippen molar-refractivity contribution in [2.75, 3.05) is 13.1 Å². The lowest BCUT2D eigenvalue weighted by Crippen LogP contribution is -2.50. The van der Waals surface area contributed by atoms with Gasteiger partial charge in [-0.2, -0.15) is 5.10 Å². The van der Waals surface area contributed by atoms with Crippen LogP contribution >= 0.6 is 0 Å². The largest absolute Gasteiger partial charge is 0.333 e. The molecule has 6 heteroatoms. The molecule has 0 bridgehead atoms. The molecule has 0 aromatic carbocycles. The standard InChI is InChI=1S/C12H15N5O/c1-2-17-5-3-11(14-17)12(18)16-7-10(8-16)15-6-4-13-9-15/h3-6,9-10H,2,7-8H2,1H3. The number of imidazole rings is 1. The topological polar surface area (TPSA) is 56.0 Å². The van der Waals surface area contributed by atoms with E-state index in [-0.39, 0.29) is 5.91 Å². The number of likely N-dealkylation sites (tertiary alicyclic amines) is 1. The molecule has 94 valence electrons. The molecule has 0 aliphatic carbocycles. The fourth-order valence-corrected chi connectivity index (χ4v) is 2.11. The fourth-order valence-electron chi connectivity index (χ4n) is 2.11. The summed E-state index contributed by atoms with van der Waals surface area (Å²) < 4.78 is 3.80. The highest BCUT2D eigenvalue weighted by molar-refractivity contribution is 5.92. The third-order valence-electron chi connectivity index (χ3n) is 3.28. The van der Waals surface area contributed by atoms with E-state index in [1.807, 2.05) is 28.8 Å². The maximum absolute atomic E-state index is 12.1. The van der Waals surface area contributed by atoms with Gasteiger partial charge in [-0.1, -0.05) is 0 Å². The number of carbonyl (C=O) groups is 1. The van der Waals surface area contributed by atoms with Crippen molar-refractivity contribution < 1.29 is 4.79 Å². The highest BCUT2D eigenvalue weighted by atomic mass is 16.2. The van der Waals surface area contributed by atoms with Crippen LogP contribution in [0.25, 0.3) is 0 Å². The molecular formula is C12H15N5O. The van der Waals surface area contributed by atoms with Crippen LogP contribution in [0.1, 0.15) is 23.5 Å². The Balaban J connectivity index is 1.63. The van der Waals surface area contributed by atoms with Crippen molar-refractivity contribution in [3.63, 3.8) is 0 Å². The first-order valence-electron chi connectivity index (χ1n) is 6.08. The van der Waals surface area contributed by atoms with E-state index in [2.05, 4.69) is 10.1 Å². The molecule has 0 N–H and O–H groups in total. The number of nitrogens with zero attached hydrogens (tertiary/aromatic N) is 5. The van der Waals surface area contributed by atoms with Crippen LogP contribution < -0.4 is 0 Å². The summed E-state index contributed by atoms with van der Waals surface area (Å²) >= 11 is 0. The van der Waals surface area contributed by atoms with Gasteiger partial charge in [-0.3, -0.25) is 9.48 Å². The van der Waals surface area contributed by atoms with Gasteiger partial charge in [-0.15, -0.1) is 0 Å². The molecule has 1 fully saturated rings. The van der Waals surface area contributed by atoms with E-state index >= 15 is 0 Å². The third-order valence-corrected chi connectivity index (χ3v) is 3.28. The second kappa shape index (κ2) is 4.29. The Labute approximate surface area is 105 Å². The fraction of sp³-hybridized carbons (Fsp3) is 0.417. The molecule has 1 saturated heterocycles. The maximum Gasteiger partial charge on any atom is 0.274 e. The third kappa shape index (κ3) is 1.79. The van der Waals surface area contributed by atoms with Gasteiger partial charge >= 0.3 is 0 Å². The summed E-state index contributed by atoms with van der Waals surface area (Å²) in [6, 6.07) is 2.13. The molecule has 3 rings (SSSR count). The minimum Gasteiger partial charge on any atom is -0.333 e. The van der Waals surface area contributed by atoms with Gasteiger partial charge in [0.2, 0.25) is 0 Å². The quantitative estimate of drug-likeness (QED) is 0.803. The van der Waals surface area contributed by atoms with E-state index in [1.54, 1.807) is 23.3 Å². The first-order valence-corrected chi connectivity index (χ1v) is 6.08. The predicted octanol–water partition coefficient (Wildman–Crippen LogP) is 0.797. The smallest absolute Gasteiger partial charge is 0.274 e. The van der Waals surface area contributed by atoms with Gasteiger partial charge in [0.1, 0.15) is 5.69 Å². The van der Waals surface area contributed by atoms with Gasteiger partial charge in [0, 0.05) is 38.2 Å². The van der Waals surface area contributed by atoms with Crippen LogP contribution in [0.5, 0.6) is 0 Å². The van der Waals surface area contributed by atoms with E-state index in [4.69, 9.17) is 0 Å². The maximum atomic E-state index is 12.1. The van der Waals surface area contributed by atoms with E-state index < -0.39 is 0 Å². The molecule has 0 unspecified atom stereocenters. The lowest BCUT2D eigenvalue weighted by atomic mass is 10.1. The number of amides is 1. The van der Waals surface area contributed by atoms with Gasteiger partial charge in [0.25, 0.3) is 5.91 Å². The van der Waals surface area contributed by atoms with Crippen LogP contribution in [0, 0.1) is 0 Å². The van der Waals surface area contributed by atoms with Gasteiger partial charge in [-0.25, -0.2) is 4.98 Å². The SMILES string of the molecule is CCn1ccc(C(=O)N2CC(n3ccnc3)C2)n1. The summed E-state index contributed by atoms with van der Waals surface area (Å²) in [6.07, 6.45) is 7.31. The molecule has 1 aliphatic rings. The summed E-state index contributed by atoms with van der Waals surface area (Å²) in [7, 11) is 0. The van der Waals surface area contributed by atoms with Crippen LogP contribution in [-0.2, 0) is 6.54 Å². The first kappa shape index (κ1) is 11.0. The average molecular weight is 245 g/mol. The number of hydrogen-bond donors (Lipinski definition) is 0. The van der Waals surface area contributed by atoms with E-state index in [0.29, 0.717) is 11.7 Å². The van der Waals surface area contributed by atoms with Gasteiger partial charge < -0.3 is 9.47 Å². The molecule has 0 radical (unpaired) electrons. The van der Waals surface area contributed by atoms with Crippen molar-refractivity contribution in [1.29, 1.82) is 0 Å². The summed E-state index contributed by atoms with van der Waals surface area (Å²) in [6.45, 7) is 4.24. The summed E-state index contributed by atoms with van der Waals surface area (Å²) in [5, 5.41) is 4.23. The lowest BCUT2D eigenvalue weighted by Gasteiger charge is -2.39. The summed E-state index contributed by atoms with van der Waals surface area (Å²) in [4.78, 5) is 17.9. The molecule has 2 aromatic heterocycles. The van der Waals surface area contributed by atoms with Crippen molar-refractivity contribution in [2.24, 2.45) is 0 Å². The van der Waals surface area contributed by atoms with Crippen LogP contribution in [0.4, 0.5) is 0 Å². The highest BCUT2D eigenvalue weighted by Gasteiger charge is 2.32. The molecule has 2 aromatic rings. The van der Waals surface area contributed by atoms with Crippen LogP contribution in [0.15, 0.2) is 31.0 Å². The molecule has 0 atom stereocenters. The predicted molar refractivity (Wildman–Crippen MR) is 65.1 cm³/mol. The summed E-state index contributed by atoms with van der Waals surface area (Å²) in [5.74, 6) is 0.0126. The number of rotatable bonds is 3. The van der Waals surface area contributed by atoms with E-state index in [9.17, 15) is 4.79 Å². The lowest BCUT2D eigenvalue weighted by molar-refractivity contribution is 0.0513. The second-order valence-electron chi connectivity index (χ2n) is 4.43. The number of carbonyl (C=O) groups excluding carboxylic acids is 1. The first-order chi connectivity index (χ1) is 8.78. The Bertz CT molecular complexity index is 539. The van der Waals surface area contributed by atoms with Crippen LogP contribution in [0.2, 0.25) is 0 Å². The summed E-state index contributed by atoms with van der Waals surface area (Å²) in [5.41, 5.74) is 0.529. The zero-order valence-electron chi connectivity index (χ0n) is 10.2. The van der Waals surface area contributed by atoms with Gasteiger partial charge in [-0.05, 0) is 13.0 Å². The molecular weight excluding hydrogens is 230 g/mol. The minimum atomic E-state index is 0.0126. The Hall–Kier alpha value is -2.11. The molecule has 0 saturated carbocycles. The molecule has 6 nitrogen and oxygen atoms in total. The van der Waals surface area contributed by atoms with Crippen LogP contribution in [-0.4, -0.2) is 43.2 Å². The number of aromatic nitrogens is 4. The van der Waals surface area contributed by atoms with Crippen molar-refractivity contribution >= 4 is 5.91 Å². The van der Waals surface area contributed by atoms with E-state index in [1.165, 1.54) is 0 Å². The number of aryl methyl sites for hydroxylation is 1. The molecule has 3 heterocycles. The highest BCUT2D eigenvalue weighted by Crippen LogP contribution is 2.22. The van der Waals surface area contributed by atoms with Gasteiger partial charge in [0.15, 0.2) is 0 Å². The average Bonchev–Trinajstić information content (AvgIpc) is 2.97. The molecule has 1 aliphatic heterocycles. The Morgan fingerprint density at radius 2 is 2.28 bits per heavy atom. The Kier molecular flexibility index (Phi) is 2.62. The Morgan fingerprint density at radius 1 is 1.44 bits per heavy atom. The second-order valence-corrected chi connectivity index (χ2v) is 4.43. The monoisotopic (exact) mass is 245 g/mol. The molecule has 0 spiro atoms. The van der Waals surface area contributed by atoms with Gasteiger partial charge in [0.05, 0.1) is 12.4 Å². The zero-order valence-corrected chi connectivity index (χ0v) is 10.2. The normalized spacial score (nSPS) is 15.7. The zero-order chi connectivity index (χ0) is 12.5. The van der Waals surface area contributed by atoms with Crippen molar-refractivity contribution in [3.8, 4) is 0 Å².